The fourth-order valence-electron chi connectivity index (χ4n) is 1.45. The second-order valence-electron chi connectivity index (χ2n) is 3.68. The molecular weight excluding hydrogens is 337 g/mol. The van der Waals surface area contributed by atoms with E-state index in [1.165, 1.54) is 30.3 Å². The van der Waals surface area contributed by atoms with Crippen molar-refractivity contribution in [3.05, 3.63) is 57.3 Å². The van der Waals surface area contributed by atoms with Crippen molar-refractivity contribution in [3.63, 3.8) is 0 Å². The highest BCUT2D eigenvalue weighted by Crippen LogP contribution is 2.30. The van der Waals surface area contributed by atoms with Crippen molar-refractivity contribution < 1.29 is 13.9 Å². The fraction of sp³-hybridized carbons (Fsp3) is 0. The molecule has 19 heavy (non-hydrogen) atoms. The number of ether oxygens (including phenoxy) is 1. The summed E-state index contributed by atoms with van der Waals surface area (Å²) in [5.41, 5.74) is 5.40. The Bertz CT molecular complexity index is 649. The Morgan fingerprint density at radius 1 is 1.26 bits per heavy atom. The summed E-state index contributed by atoms with van der Waals surface area (Å²) in [5.74, 6) is -0.698. The zero-order chi connectivity index (χ0) is 14.0. The van der Waals surface area contributed by atoms with Crippen molar-refractivity contribution in [3.8, 4) is 11.5 Å². The molecule has 0 atom stereocenters. The van der Waals surface area contributed by atoms with E-state index in [1.54, 1.807) is 6.07 Å². The first-order chi connectivity index (χ1) is 8.97. The van der Waals surface area contributed by atoms with Crippen molar-refractivity contribution in [2.24, 2.45) is 5.73 Å². The smallest absolute Gasteiger partial charge is 0.252 e. The van der Waals surface area contributed by atoms with Crippen LogP contribution in [0, 0.1) is 5.82 Å². The Balaban J connectivity index is 2.39. The van der Waals surface area contributed by atoms with E-state index in [-0.39, 0.29) is 17.1 Å². The number of halogens is 3. The number of rotatable bonds is 3. The van der Waals surface area contributed by atoms with Crippen LogP contribution >= 0.6 is 27.5 Å². The minimum absolute atomic E-state index is 0.174. The first kappa shape index (κ1) is 13.8. The number of hydrogen-bond acceptors (Lipinski definition) is 2. The van der Waals surface area contributed by atoms with Crippen molar-refractivity contribution >= 4 is 33.4 Å². The van der Waals surface area contributed by atoms with Gasteiger partial charge >= 0.3 is 0 Å². The molecule has 3 nitrogen and oxygen atoms in total. The van der Waals surface area contributed by atoms with Crippen LogP contribution in [0.5, 0.6) is 11.5 Å². The molecule has 0 bridgehead atoms. The summed E-state index contributed by atoms with van der Waals surface area (Å²) in [6.07, 6.45) is 0. The van der Waals surface area contributed by atoms with E-state index < -0.39 is 11.7 Å². The maximum absolute atomic E-state index is 13.4. The van der Waals surface area contributed by atoms with Gasteiger partial charge in [-0.25, -0.2) is 4.39 Å². The highest BCUT2D eigenvalue weighted by molar-refractivity contribution is 9.10. The Labute approximate surface area is 122 Å². The van der Waals surface area contributed by atoms with Gasteiger partial charge in [0, 0.05) is 17.2 Å². The molecule has 0 aromatic heterocycles. The number of nitrogens with two attached hydrogens (primary N) is 1. The van der Waals surface area contributed by atoms with Crippen molar-refractivity contribution in [2.45, 2.75) is 0 Å². The van der Waals surface area contributed by atoms with Crippen LogP contribution in [0.1, 0.15) is 10.4 Å². The standard InChI is InChI=1S/C13H8BrClFNO2/c14-10-4-2-8(6-11(10)16)19-12-5-7(15)1-3-9(12)13(17)18/h1-6H,(H2,17,18). The van der Waals surface area contributed by atoms with Crippen LogP contribution in [-0.4, -0.2) is 5.91 Å². The number of hydrogen-bond donors (Lipinski definition) is 1. The third-order valence-electron chi connectivity index (χ3n) is 2.33. The minimum atomic E-state index is -0.649. The lowest BCUT2D eigenvalue weighted by molar-refractivity contribution is 0.0998. The first-order valence-corrected chi connectivity index (χ1v) is 6.37. The molecule has 0 saturated carbocycles. The van der Waals surface area contributed by atoms with E-state index in [4.69, 9.17) is 22.1 Å². The lowest BCUT2D eigenvalue weighted by atomic mass is 10.2. The van der Waals surface area contributed by atoms with E-state index in [0.29, 0.717) is 9.50 Å². The molecule has 2 aromatic carbocycles. The lowest BCUT2D eigenvalue weighted by Crippen LogP contribution is -2.12. The molecule has 2 aromatic rings. The average Bonchev–Trinajstić information content (AvgIpc) is 2.33. The van der Waals surface area contributed by atoms with E-state index in [0.717, 1.165) is 0 Å². The first-order valence-electron chi connectivity index (χ1n) is 5.19. The van der Waals surface area contributed by atoms with Gasteiger partial charge in [-0.1, -0.05) is 11.6 Å². The lowest BCUT2D eigenvalue weighted by Gasteiger charge is -2.10. The van der Waals surface area contributed by atoms with E-state index in [1.807, 2.05) is 0 Å². The third-order valence-corrected chi connectivity index (χ3v) is 3.21. The Morgan fingerprint density at radius 2 is 2.00 bits per heavy atom. The second kappa shape index (κ2) is 5.59. The van der Waals surface area contributed by atoms with Crippen molar-refractivity contribution in [1.82, 2.24) is 0 Å². The number of carbonyl (C=O) groups is 1. The molecule has 1 amide bonds. The normalized spacial score (nSPS) is 10.3. The van der Waals surface area contributed by atoms with E-state index in [2.05, 4.69) is 15.9 Å². The SMILES string of the molecule is NC(=O)c1ccc(Cl)cc1Oc1ccc(Br)c(F)c1. The number of primary amides is 1. The molecule has 0 saturated heterocycles. The van der Waals surface area contributed by atoms with Gasteiger partial charge in [0.2, 0.25) is 0 Å². The number of benzene rings is 2. The maximum atomic E-state index is 13.4. The quantitative estimate of drug-likeness (QED) is 0.910. The average molecular weight is 345 g/mol. The van der Waals surface area contributed by atoms with Gasteiger partial charge in [-0.15, -0.1) is 0 Å². The summed E-state index contributed by atoms with van der Waals surface area (Å²) in [7, 11) is 0. The summed E-state index contributed by atoms with van der Waals surface area (Å²) in [5, 5.41) is 0.387. The van der Waals surface area contributed by atoms with Gasteiger partial charge in [-0.3, -0.25) is 4.79 Å². The molecule has 0 spiro atoms. The van der Waals surface area contributed by atoms with Gasteiger partial charge in [0.05, 0.1) is 10.0 Å². The molecule has 0 aliphatic heterocycles. The maximum Gasteiger partial charge on any atom is 0.252 e. The number of carbonyl (C=O) groups excluding carboxylic acids is 1. The van der Waals surface area contributed by atoms with E-state index in [9.17, 15) is 9.18 Å². The van der Waals surface area contributed by atoms with E-state index >= 15 is 0 Å². The second-order valence-corrected chi connectivity index (χ2v) is 4.97. The minimum Gasteiger partial charge on any atom is -0.456 e. The molecule has 2 N–H and O–H groups in total. The molecule has 0 aliphatic carbocycles. The monoisotopic (exact) mass is 343 g/mol. The van der Waals surface area contributed by atoms with Crippen LogP contribution < -0.4 is 10.5 Å². The molecule has 98 valence electrons. The molecule has 0 radical (unpaired) electrons. The van der Waals surface area contributed by atoms with Gasteiger partial charge in [-0.05, 0) is 40.2 Å². The van der Waals surface area contributed by atoms with Crippen LogP contribution in [0.15, 0.2) is 40.9 Å². The van der Waals surface area contributed by atoms with Crippen LogP contribution in [0.4, 0.5) is 4.39 Å². The van der Waals surface area contributed by atoms with Gasteiger partial charge in [0.1, 0.15) is 17.3 Å². The van der Waals surface area contributed by atoms with Crippen LogP contribution in [0.2, 0.25) is 5.02 Å². The van der Waals surface area contributed by atoms with Crippen molar-refractivity contribution in [2.75, 3.05) is 0 Å². The summed E-state index contributed by atoms with van der Waals surface area (Å²) >= 11 is 8.87. The molecule has 0 fully saturated rings. The molecular formula is C13H8BrClFNO2. The molecule has 2 rings (SSSR count). The summed E-state index contributed by atoms with van der Waals surface area (Å²) < 4.78 is 19.1. The highest BCUT2D eigenvalue weighted by Gasteiger charge is 2.12. The Hall–Kier alpha value is -1.59. The van der Waals surface area contributed by atoms with Crippen molar-refractivity contribution in [1.29, 1.82) is 0 Å². The predicted octanol–water partition coefficient (Wildman–Crippen LogP) is 4.13. The Morgan fingerprint density at radius 3 is 2.63 bits per heavy atom. The number of amides is 1. The third kappa shape index (κ3) is 3.24. The molecule has 0 aliphatic rings. The van der Waals surface area contributed by atoms with Gasteiger partial charge in [0.25, 0.3) is 5.91 Å². The molecule has 0 unspecified atom stereocenters. The van der Waals surface area contributed by atoms with Gasteiger partial charge in [0.15, 0.2) is 0 Å². The zero-order valence-corrected chi connectivity index (χ0v) is 11.8. The molecule has 6 heteroatoms. The predicted molar refractivity (Wildman–Crippen MR) is 74.1 cm³/mol. The fourth-order valence-corrected chi connectivity index (χ4v) is 1.86. The van der Waals surface area contributed by atoms with Crippen LogP contribution in [0.3, 0.4) is 0 Å². The van der Waals surface area contributed by atoms with Crippen LogP contribution in [-0.2, 0) is 0 Å². The molecule has 0 heterocycles. The zero-order valence-electron chi connectivity index (χ0n) is 9.49. The largest absolute Gasteiger partial charge is 0.456 e. The van der Waals surface area contributed by atoms with Crippen LogP contribution in [0.25, 0.3) is 0 Å². The summed E-state index contributed by atoms with van der Waals surface area (Å²) in [4.78, 5) is 11.3. The Kier molecular flexibility index (Phi) is 4.07. The van der Waals surface area contributed by atoms with Gasteiger partial charge < -0.3 is 10.5 Å². The summed E-state index contributed by atoms with van der Waals surface area (Å²) in [6, 6.07) is 8.67. The highest BCUT2D eigenvalue weighted by atomic mass is 79.9. The topological polar surface area (TPSA) is 52.3 Å². The van der Waals surface area contributed by atoms with Gasteiger partial charge in [-0.2, -0.15) is 0 Å². The summed E-state index contributed by atoms with van der Waals surface area (Å²) in [6.45, 7) is 0.